The third kappa shape index (κ3) is 19.1. The predicted octanol–water partition coefficient (Wildman–Crippen LogP) is 7.22. The Balaban J connectivity index is 0. The second kappa shape index (κ2) is 20.7. The van der Waals surface area contributed by atoms with Crippen molar-refractivity contribution in [2.75, 3.05) is 52.9 Å². The molecule has 4 aliphatic heterocycles. The molecule has 4 aliphatic rings. The Morgan fingerprint density at radius 3 is 1.02 bits per heavy atom. The monoisotopic (exact) mass is 576 g/mol. The van der Waals surface area contributed by atoms with E-state index in [9.17, 15) is 0 Å². The van der Waals surface area contributed by atoms with Gasteiger partial charge in [0.05, 0.1) is 32.3 Å². The maximum Gasteiger partial charge on any atom is 0.453 e. The van der Waals surface area contributed by atoms with Crippen LogP contribution in [-0.4, -0.2) is 79.2 Å². The topological polar surface area (TPSA) is 73.8 Å². The SMILES string of the molecule is CB1OCC(C)(C)CO1.CB1OCC(C)(C)CO1.CC.CC.CC.CC1(C)COC(C2COC(C)(C)OC2)OC1. The van der Waals surface area contributed by atoms with Crippen molar-refractivity contribution in [3.8, 4) is 0 Å². The van der Waals surface area contributed by atoms with Gasteiger partial charge >= 0.3 is 14.2 Å². The van der Waals surface area contributed by atoms with Crippen LogP contribution in [-0.2, 0) is 37.6 Å². The van der Waals surface area contributed by atoms with Crippen LogP contribution >= 0.6 is 0 Å². The lowest BCUT2D eigenvalue weighted by atomic mass is 9.86. The van der Waals surface area contributed by atoms with E-state index >= 15 is 0 Å². The first kappa shape index (κ1) is 41.9. The minimum absolute atomic E-state index is 0.00183. The van der Waals surface area contributed by atoms with Crippen molar-refractivity contribution >= 4 is 14.2 Å². The van der Waals surface area contributed by atoms with Gasteiger partial charge in [-0.2, -0.15) is 0 Å². The number of rotatable bonds is 1. The number of hydrogen-bond acceptors (Lipinski definition) is 8. The summed E-state index contributed by atoms with van der Waals surface area (Å²) in [6.07, 6.45) is -0.177. The summed E-state index contributed by atoms with van der Waals surface area (Å²) in [7, 11) is -0.00366. The van der Waals surface area contributed by atoms with E-state index in [0.717, 1.165) is 39.6 Å². The Morgan fingerprint density at radius 2 is 0.750 bits per heavy atom. The van der Waals surface area contributed by atoms with Crippen molar-refractivity contribution in [2.24, 2.45) is 22.2 Å². The molecule has 4 saturated heterocycles. The third-order valence-corrected chi connectivity index (χ3v) is 5.79. The summed E-state index contributed by atoms with van der Waals surface area (Å²) < 4.78 is 43.7. The zero-order valence-corrected chi connectivity index (χ0v) is 29.2. The normalized spacial score (nSPS) is 24.9. The van der Waals surface area contributed by atoms with E-state index in [2.05, 4.69) is 41.5 Å². The van der Waals surface area contributed by atoms with E-state index in [1.807, 2.05) is 69.0 Å². The van der Waals surface area contributed by atoms with Crippen molar-refractivity contribution < 1.29 is 37.6 Å². The first-order chi connectivity index (χ1) is 18.6. The van der Waals surface area contributed by atoms with Gasteiger partial charge in [0.1, 0.15) is 0 Å². The molecule has 0 N–H and O–H groups in total. The third-order valence-electron chi connectivity index (χ3n) is 5.79. The van der Waals surface area contributed by atoms with Crippen LogP contribution in [0.1, 0.15) is 96.9 Å². The van der Waals surface area contributed by atoms with Crippen LogP contribution in [0, 0.1) is 22.2 Å². The summed E-state index contributed by atoms with van der Waals surface area (Å²) in [5.41, 5.74) is 0.547. The van der Waals surface area contributed by atoms with E-state index in [4.69, 9.17) is 37.6 Å². The number of ether oxygens (including phenoxy) is 4. The van der Waals surface area contributed by atoms with E-state index in [-0.39, 0.29) is 42.7 Å². The van der Waals surface area contributed by atoms with Gasteiger partial charge in [-0.1, -0.05) is 83.1 Å². The van der Waals surface area contributed by atoms with Gasteiger partial charge in [-0.05, 0) is 27.5 Å². The molecule has 0 unspecified atom stereocenters. The van der Waals surface area contributed by atoms with Crippen molar-refractivity contribution in [2.45, 2.75) is 123 Å². The molecule has 40 heavy (non-hydrogen) atoms. The lowest BCUT2D eigenvalue weighted by Crippen LogP contribution is -2.48. The second-order valence-corrected chi connectivity index (χ2v) is 12.6. The summed E-state index contributed by atoms with van der Waals surface area (Å²) in [6, 6.07) is 0. The van der Waals surface area contributed by atoms with Gasteiger partial charge in [0.25, 0.3) is 0 Å². The van der Waals surface area contributed by atoms with Gasteiger partial charge in [-0.3, -0.25) is 0 Å². The maximum atomic E-state index is 5.72. The standard InChI is InChI=1S/C12H22O4.2C6H13BO2.3C2H6/c1-11(2)7-13-10(14-8-11)9-5-15-12(3,4)16-6-9;2*1-6(2)4-8-7(3)9-5-6;3*1-2/h9-10H,5-8H2,1-4H3;2*4-5H2,1-3H3;3*1-2H3. The Labute approximate surface area is 249 Å². The summed E-state index contributed by atoms with van der Waals surface area (Å²) in [5, 5.41) is 0. The van der Waals surface area contributed by atoms with Gasteiger partial charge in [0.2, 0.25) is 0 Å². The predicted molar refractivity (Wildman–Crippen MR) is 168 cm³/mol. The van der Waals surface area contributed by atoms with Crippen LogP contribution in [0.2, 0.25) is 13.6 Å². The van der Waals surface area contributed by atoms with Crippen LogP contribution in [0.5, 0.6) is 0 Å². The molecule has 8 nitrogen and oxygen atoms in total. The first-order valence-electron chi connectivity index (χ1n) is 15.6. The molecule has 0 aromatic rings. The molecule has 0 aromatic carbocycles. The molecular formula is C30H66B2O8. The van der Waals surface area contributed by atoms with Gasteiger partial charge in [0, 0.05) is 42.7 Å². The van der Waals surface area contributed by atoms with Crippen molar-refractivity contribution in [1.82, 2.24) is 0 Å². The van der Waals surface area contributed by atoms with E-state index in [1.54, 1.807) is 0 Å². The van der Waals surface area contributed by atoms with Crippen LogP contribution < -0.4 is 0 Å². The lowest BCUT2D eigenvalue weighted by molar-refractivity contribution is -0.315. The highest BCUT2D eigenvalue weighted by Gasteiger charge is 2.38. The summed E-state index contributed by atoms with van der Waals surface area (Å²) in [4.78, 5) is 0. The van der Waals surface area contributed by atoms with Gasteiger partial charge in [0.15, 0.2) is 12.1 Å². The Bertz CT molecular complexity index is 525. The molecule has 0 aromatic heterocycles. The molecule has 0 saturated carbocycles. The summed E-state index contributed by atoms with van der Waals surface area (Å²) in [6.45, 7) is 38.5. The first-order valence-corrected chi connectivity index (χ1v) is 15.6. The van der Waals surface area contributed by atoms with Crippen LogP contribution in [0.4, 0.5) is 0 Å². The average Bonchev–Trinajstić information content (AvgIpc) is 2.92. The molecule has 4 rings (SSSR count). The molecular weight excluding hydrogens is 510 g/mol. The fourth-order valence-electron chi connectivity index (χ4n) is 3.39. The zero-order valence-electron chi connectivity index (χ0n) is 29.2. The van der Waals surface area contributed by atoms with E-state index in [1.165, 1.54) is 0 Å². The smallest absolute Gasteiger partial charge is 0.411 e. The molecule has 0 amide bonds. The van der Waals surface area contributed by atoms with Crippen LogP contribution in [0.15, 0.2) is 0 Å². The van der Waals surface area contributed by atoms with Crippen molar-refractivity contribution in [3.63, 3.8) is 0 Å². The van der Waals surface area contributed by atoms with Gasteiger partial charge in [-0.25, -0.2) is 0 Å². The molecule has 0 atom stereocenters. The zero-order chi connectivity index (χ0) is 31.6. The highest BCUT2D eigenvalue weighted by Crippen LogP contribution is 2.30. The Morgan fingerprint density at radius 1 is 0.475 bits per heavy atom. The molecule has 10 heteroatoms. The van der Waals surface area contributed by atoms with Gasteiger partial charge in [-0.15, -0.1) is 0 Å². The summed E-state index contributed by atoms with van der Waals surface area (Å²) >= 11 is 0. The van der Waals surface area contributed by atoms with Crippen LogP contribution in [0.3, 0.4) is 0 Å². The lowest BCUT2D eigenvalue weighted by Gasteiger charge is -2.42. The maximum absolute atomic E-state index is 5.72. The Hall–Kier alpha value is -0.190. The van der Waals surface area contributed by atoms with Gasteiger partial charge < -0.3 is 37.6 Å². The minimum Gasteiger partial charge on any atom is -0.411 e. The summed E-state index contributed by atoms with van der Waals surface area (Å²) in [5.74, 6) is -0.283. The molecule has 4 fully saturated rings. The fourth-order valence-corrected chi connectivity index (χ4v) is 3.39. The Kier molecular flexibility index (Phi) is 21.7. The molecule has 0 radical (unpaired) electrons. The molecule has 4 heterocycles. The van der Waals surface area contributed by atoms with Crippen LogP contribution in [0.25, 0.3) is 0 Å². The highest BCUT2D eigenvalue weighted by atomic mass is 16.7. The molecule has 240 valence electrons. The van der Waals surface area contributed by atoms with E-state index in [0.29, 0.717) is 13.2 Å². The minimum atomic E-state index is -0.468. The van der Waals surface area contributed by atoms with E-state index < -0.39 is 5.79 Å². The number of hydrogen-bond donors (Lipinski definition) is 0. The average molecular weight is 576 g/mol. The highest BCUT2D eigenvalue weighted by molar-refractivity contribution is 6.42. The van der Waals surface area contributed by atoms with Crippen molar-refractivity contribution in [1.29, 1.82) is 0 Å². The quantitative estimate of drug-likeness (QED) is 0.303. The molecule has 0 spiro atoms. The molecule has 0 bridgehead atoms. The fraction of sp³-hybridized carbons (Fsp3) is 1.00. The largest absolute Gasteiger partial charge is 0.453 e. The molecule has 0 aliphatic carbocycles. The second-order valence-electron chi connectivity index (χ2n) is 12.6. The van der Waals surface area contributed by atoms with Crippen molar-refractivity contribution in [3.05, 3.63) is 0 Å².